The van der Waals surface area contributed by atoms with Gasteiger partial charge in [-0.25, -0.2) is 8.42 Å². The second kappa shape index (κ2) is 4.95. The Morgan fingerprint density at radius 1 is 1.31 bits per heavy atom. The highest BCUT2D eigenvalue weighted by atomic mass is 32.2. The molecule has 0 aliphatic carbocycles. The number of aliphatic hydroxyl groups is 1. The van der Waals surface area contributed by atoms with Crippen LogP contribution in [-0.4, -0.2) is 25.8 Å². The van der Waals surface area contributed by atoms with Crippen LogP contribution in [0.4, 0.5) is 0 Å². The molecule has 2 atom stereocenters. The lowest BCUT2D eigenvalue weighted by atomic mass is 10.0. The van der Waals surface area contributed by atoms with Gasteiger partial charge in [0.15, 0.2) is 9.84 Å². The van der Waals surface area contributed by atoms with Crippen molar-refractivity contribution in [3.8, 4) is 0 Å². The van der Waals surface area contributed by atoms with Crippen molar-refractivity contribution in [2.75, 3.05) is 6.26 Å². The molecule has 0 bridgehead atoms. The smallest absolute Gasteiger partial charge is 0.175 e. The van der Waals surface area contributed by atoms with Crippen LogP contribution in [0.5, 0.6) is 0 Å². The van der Waals surface area contributed by atoms with Gasteiger partial charge in [0.25, 0.3) is 0 Å². The van der Waals surface area contributed by atoms with E-state index in [1.54, 1.807) is 12.1 Å². The molecule has 0 fully saturated rings. The summed E-state index contributed by atoms with van der Waals surface area (Å²) in [6.45, 7) is 1.81. The number of hydrogen-bond donors (Lipinski definition) is 2. The van der Waals surface area contributed by atoms with E-state index in [0.29, 0.717) is 12.0 Å². The average molecular weight is 243 g/mol. The molecular formula is C11H17NO3S. The summed E-state index contributed by atoms with van der Waals surface area (Å²) < 4.78 is 22.4. The summed E-state index contributed by atoms with van der Waals surface area (Å²) in [5.41, 5.74) is 6.26. The van der Waals surface area contributed by atoms with Crippen molar-refractivity contribution in [1.82, 2.24) is 0 Å². The van der Waals surface area contributed by atoms with Crippen molar-refractivity contribution in [2.24, 2.45) is 5.73 Å². The molecule has 1 rings (SSSR count). The van der Waals surface area contributed by atoms with E-state index in [1.807, 2.05) is 6.92 Å². The summed E-state index contributed by atoms with van der Waals surface area (Å²) in [6.07, 6.45) is 0.965. The van der Waals surface area contributed by atoms with E-state index >= 15 is 0 Å². The first-order valence-electron chi connectivity index (χ1n) is 5.04. The first-order valence-corrected chi connectivity index (χ1v) is 6.93. The van der Waals surface area contributed by atoms with E-state index in [9.17, 15) is 13.5 Å². The van der Waals surface area contributed by atoms with Gasteiger partial charge in [0.1, 0.15) is 0 Å². The highest BCUT2D eigenvalue weighted by Crippen LogP contribution is 2.19. The number of aliphatic hydroxyl groups excluding tert-OH is 1. The number of sulfone groups is 1. The minimum Gasteiger partial charge on any atom is -0.388 e. The van der Waals surface area contributed by atoms with Crippen molar-refractivity contribution in [1.29, 1.82) is 0 Å². The van der Waals surface area contributed by atoms with Gasteiger partial charge >= 0.3 is 0 Å². The standard InChI is InChI=1S/C11H17NO3S/c1-8(12)7-11(13)9-3-5-10(6-4-9)16(2,14)15/h3-6,8,11,13H,7,12H2,1-2H3. The van der Waals surface area contributed by atoms with Gasteiger partial charge in [-0.05, 0) is 31.0 Å². The van der Waals surface area contributed by atoms with Crippen molar-refractivity contribution in [2.45, 2.75) is 30.4 Å². The predicted molar refractivity (Wildman–Crippen MR) is 62.8 cm³/mol. The van der Waals surface area contributed by atoms with Gasteiger partial charge in [-0.3, -0.25) is 0 Å². The third-order valence-corrected chi connectivity index (χ3v) is 3.42. The van der Waals surface area contributed by atoms with Gasteiger partial charge in [0.05, 0.1) is 11.0 Å². The van der Waals surface area contributed by atoms with Crippen LogP contribution in [0.1, 0.15) is 25.0 Å². The summed E-state index contributed by atoms with van der Waals surface area (Å²) in [4.78, 5) is 0.254. The molecule has 0 radical (unpaired) electrons. The maximum Gasteiger partial charge on any atom is 0.175 e. The first kappa shape index (κ1) is 13.2. The molecule has 0 spiro atoms. The lowest BCUT2D eigenvalue weighted by Crippen LogP contribution is -2.18. The van der Waals surface area contributed by atoms with Crippen LogP contribution in [0.3, 0.4) is 0 Å². The van der Waals surface area contributed by atoms with E-state index in [4.69, 9.17) is 5.73 Å². The summed E-state index contributed by atoms with van der Waals surface area (Å²) in [5, 5.41) is 9.76. The molecule has 0 saturated carbocycles. The molecule has 16 heavy (non-hydrogen) atoms. The zero-order valence-electron chi connectivity index (χ0n) is 9.42. The van der Waals surface area contributed by atoms with Crippen molar-refractivity contribution in [3.63, 3.8) is 0 Å². The Labute approximate surface area is 96.0 Å². The molecule has 2 unspecified atom stereocenters. The maximum atomic E-state index is 11.2. The van der Waals surface area contributed by atoms with Gasteiger partial charge in [-0.2, -0.15) is 0 Å². The lowest BCUT2D eigenvalue weighted by molar-refractivity contribution is 0.160. The largest absolute Gasteiger partial charge is 0.388 e. The quantitative estimate of drug-likeness (QED) is 0.822. The Morgan fingerprint density at radius 3 is 2.19 bits per heavy atom. The predicted octanol–water partition coefficient (Wildman–Crippen LogP) is 0.861. The van der Waals surface area contributed by atoms with Gasteiger partial charge < -0.3 is 10.8 Å². The molecule has 0 saturated heterocycles. The summed E-state index contributed by atoms with van der Waals surface area (Å²) in [5.74, 6) is 0. The number of benzene rings is 1. The van der Waals surface area contributed by atoms with Crippen LogP contribution < -0.4 is 5.73 Å². The third kappa shape index (κ3) is 3.59. The molecular weight excluding hydrogens is 226 g/mol. The highest BCUT2D eigenvalue weighted by molar-refractivity contribution is 7.90. The first-order chi connectivity index (χ1) is 7.30. The molecule has 0 aromatic heterocycles. The Morgan fingerprint density at radius 2 is 1.81 bits per heavy atom. The van der Waals surface area contributed by atoms with Gasteiger partial charge in [-0.15, -0.1) is 0 Å². The Kier molecular flexibility index (Phi) is 4.07. The second-order valence-electron chi connectivity index (χ2n) is 4.07. The summed E-state index contributed by atoms with van der Waals surface area (Å²) >= 11 is 0. The molecule has 3 N–H and O–H groups in total. The molecule has 5 heteroatoms. The Bertz CT molecular complexity index is 437. The maximum absolute atomic E-state index is 11.2. The average Bonchev–Trinajstić information content (AvgIpc) is 2.15. The SMILES string of the molecule is CC(N)CC(O)c1ccc(S(C)(=O)=O)cc1. The Hall–Kier alpha value is -0.910. The Balaban J connectivity index is 2.87. The summed E-state index contributed by atoms with van der Waals surface area (Å²) in [7, 11) is -3.17. The van der Waals surface area contributed by atoms with Gasteiger partial charge in [-0.1, -0.05) is 12.1 Å². The topological polar surface area (TPSA) is 80.4 Å². The zero-order chi connectivity index (χ0) is 12.3. The van der Waals surface area contributed by atoms with Crippen LogP contribution in [0.15, 0.2) is 29.2 Å². The van der Waals surface area contributed by atoms with E-state index in [-0.39, 0.29) is 10.9 Å². The van der Waals surface area contributed by atoms with Gasteiger partial charge in [0.2, 0.25) is 0 Å². The molecule has 1 aromatic carbocycles. The van der Waals surface area contributed by atoms with Crippen LogP contribution in [0, 0.1) is 0 Å². The summed E-state index contributed by atoms with van der Waals surface area (Å²) in [6, 6.07) is 6.13. The van der Waals surface area contributed by atoms with Crippen LogP contribution in [-0.2, 0) is 9.84 Å². The van der Waals surface area contributed by atoms with Crippen molar-refractivity contribution < 1.29 is 13.5 Å². The molecule has 4 nitrogen and oxygen atoms in total. The molecule has 90 valence electrons. The zero-order valence-corrected chi connectivity index (χ0v) is 10.2. The van der Waals surface area contributed by atoms with E-state index < -0.39 is 15.9 Å². The van der Waals surface area contributed by atoms with Gasteiger partial charge in [0, 0.05) is 12.3 Å². The second-order valence-corrected chi connectivity index (χ2v) is 6.09. The van der Waals surface area contributed by atoms with E-state index in [2.05, 4.69) is 0 Å². The van der Waals surface area contributed by atoms with Crippen molar-refractivity contribution >= 4 is 9.84 Å². The number of rotatable bonds is 4. The van der Waals surface area contributed by atoms with E-state index in [1.165, 1.54) is 12.1 Å². The normalized spacial score (nSPS) is 15.8. The van der Waals surface area contributed by atoms with Crippen LogP contribution >= 0.6 is 0 Å². The minimum absolute atomic E-state index is 0.0930. The third-order valence-electron chi connectivity index (χ3n) is 2.29. The fraction of sp³-hybridized carbons (Fsp3) is 0.455. The minimum atomic E-state index is -3.17. The lowest BCUT2D eigenvalue weighted by Gasteiger charge is -2.13. The fourth-order valence-electron chi connectivity index (χ4n) is 1.43. The highest BCUT2D eigenvalue weighted by Gasteiger charge is 2.11. The monoisotopic (exact) mass is 243 g/mol. The van der Waals surface area contributed by atoms with Crippen molar-refractivity contribution in [3.05, 3.63) is 29.8 Å². The molecule has 0 heterocycles. The molecule has 0 aliphatic rings. The fourth-order valence-corrected chi connectivity index (χ4v) is 2.06. The van der Waals surface area contributed by atoms with Crippen LogP contribution in [0.25, 0.3) is 0 Å². The number of hydrogen-bond acceptors (Lipinski definition) is 4. The van der Waals surface area contributed by atoms with Crippen LogP contribution in [0.2, 0.25) is 0 Å². The number of nitrogens with two attached hydrogens (primary N) is 1. The molecule has 0 amide bonds. The molecule has 0 aliphatic heterocycles. The molecule has 1 aromatic rings. The van der Waals surface area contributed by atoms with E-state index in [0.717, 1.165) is 6.26 Å².